The number of nitrogens with zero attached hydrogens (tertiary/aromatic N) is 5. The van der Waals surface area contributed by atoms with Gasteiger partial charge in [0.1, 0.15) is 22.9 Å². The summed E-state index contributed by atoms with van der Waals surface area (Å²) in [6.45, 7) is 2.42. The van der Waals surface area contributed by atoms with Crippen molar-refractivity contribution < 1.29 is 0 Å². The maximum absolute atomic E-state index is 6.43. The number of imidazole rings is 1. The Hall–Kier alpha value is -3.42. The molecule has 180 valence electrons. The Morgan fingerprint density at radius 3 is 2.53 bits per heavy atom. The van der Waals surface area contributed by atoms with Gasteiger partial charge in [0.25, 0.3) is 0 Å². The number of pyridine rings is 1. The van der Waals surface area contributed by atoms with Crippen LogP contribution in [0.3, 0.4) is 0 Å². The number of hydrogen-bond acceptors (Lipinski definition) is 6. The van der Waals surface area contributed by atoms with Crippen molar-refractivity contribution in [2.45, 2.75) is 24.8 Å². The Bertz CT molecular complexity index is 1550. The van der Waals surface area contributed by atoms with Gasteiger partial charge in [0.15, 0.2) is 0 Å². The monoisotopic (exact) mass is 492 g/mol. The second-order valence-corrected chi connectivity index (χ2v) is 11.0. The molecule has 2 aromatic carbocycles. The second-order valence-electron chi connectivity index (χ2n) is 9.79. The fourth-order valence-corrected chi connectivity index (χ4v) is 6.58. The van der Waals surface area contributed by atoms with E-state index in [1.54, 1.807) is 6.20 Å². The molecule has 0 bridgehead atoms. The van der Waals surface area contributed by atoms with E-state index < -0.39 is 0 Å². The number of nitrogens with two attached hydrogens (primary N) is 1. The predicted molar refractivity (Wildman–Crippen MR) is 148 cm³/mol. The van der Waals surface area contributed by atoms with E-state index in [1.807, 2.05) is 24.4 Å². The van der Waals surface area contributed by atoms with Crippen LogP contribution in [0.5, 0.6) is 0 Å². The molecule has 2 aliphatic rings. The van der Waals surface area contributed by atoms with Gasteiger partial charge in [-0.25, -0.2) is 15.0 Å². The zero-order valence-electron chi connectivity index (χ0n) is 20.0. The van der Waals surface area contributed by atoms with E-state index in [0.717, 1.165) is 57.6 Å². The lowest BCUT2D eigenvalue weighted by atomic mass is 9.78. The van der Waals surface area contributed by atoms with Gasteiger partial charge in [-0.2, -0.15) is 11.8 Å². The van der Waals surface area contributed by atoms with E-state index in [-0.39, 0.29) is 0 Å². The lowest BCUT2D eigenvalue weighted by molar-refractivity contribution is 0.117. The van der Waals surface area contributed by atoms with Gasteiger partial charge in [-0.05, 0) is 25.0 Å². The average Bonchev–Trinajstić information content (AvgIpc) is 3.29. The Kier molecular flexibility index (Phi) is 5.40. The molecule has 2 fully saturated rings. The van der Waals surface area contributed by atoms with Gasteiger partial charge in [-0.3, -0.25) is 9.30 Å². The molecule has 36 heavy (non-hydrogen) atoms. The minimum absolute atomic E-state index is 0.441. The molecule has 4 heterocycles. The van der Waals surface area contributed by atoms with Crippen molar-refractivity contribution in [1.29, 1.82) is 0 Å². The van der Waals surface area contributed by atoms with E-state index in [0.29, 0.717) is 17.8 Å². The maximum Gasteiger partial charge on any atom is 0.150 e. The van der Waals surface area contributed by atoms with E-state index >= 15 is 0 Å². The molecule has 5 aromatic rings. The Morgan fingerprint density at radius 2 is 1.69 bits per heavy atom. The van der Waals surface area contributed by atoms with Crippen molar-refractivity contribution in [2.24, 2.45) is 0 Å². The van der Waals surface area contributed by atoms with Crippen LogP contribution in [-0.2, 0) is 0 Å². The van der Waals surface area contributed by atoms with Crippen LogP contribution >= 0.6 is 11.8 Å². The number of hydrogen-bond donors (Lipinski definition) is 1. The summed E-state index contributed by atoms with van der Waals surface area (Å²) >= 11 is 2.07. The Labute approximate surface area is 214 Å². The molecule has 7 heteroatoms. The summed E-state index contributed by atoms with van der Waals surface area (Å²) in [7, 11) is 0. The largest absolute Gasteiger partial charge is 0.382 e. The zero-order valence-corrected chi connectivity index (χ0v) is 20.9. The molecule has 2 N–H and O–H groups in total. The van der Waals surface area contributed by atoms with Gasteiger partial charge in [0.2, 0.25) is 0 Å². The molecule has 0 spiro atoms. The molecule has 0 unspecified atom stereocenters. The van der Waals surface area contributed by atoms with E-state index in [4.69, 9.17) is 15.7 Å². The number of thioether (sulfide) groups is 1. The van der Waals surface area contributed by atoms with Crippen LogP contribution in [0.4, 0.5) is 5.82 Å². The summed E-state index contributed by atoms with van der Waals surface area (Å²) in [5, 5.41) is 1.11. The van der Waals surface area contributed by atoms with Crippen LogP contribution in [0.1, 0.15) is 24.6 Å². The molecule has 1 aliphatic carbocycles. The first-order chi connectivity index (χ1) is 17.7. The van der Waals surface area contributed by atoms with E-state index in [2.05, 4.69) is 68.5 Å². The Morgan fingerprint density at radius 1 is 0.889 bits per heavy atom. The highest BCUT2D eigenvalue weighted by atomic mass is 32.2. The number of rotatable bonds is 4. The third-order valence-corrected chi connectivity index (χ3v) is 8.63. The van der Waals surface area contributed by atoms with Gasteiger partial charge in [0.05, 0.1) is 11.2 Å². The first-order valence-corrected chi connectivity index (χ1v) is 13.8. The first kappa shape index (κ1) is 21.8. The lowest BCUT2D eigenvalue weighted by Crippen LogP contribution is -2.47. The summed E-state index contributed by atoms with van der Waals surface area (Å²) in [6.07, 6.45) is 6.11. The standard InChI is InChI=1S/C29H28N6S/c30-28-27-26(21-7-6-20-8-9-24(32-25(20)18-21)19-4-2-1-3-5-19)33-29(35(27)11-10-31-28)22-16-23(17-22)34-12-14-36-15-13-34/h1-11,18,22-23H,12-17H2,(H2,30,31). The molecule has 7 rings (SSSR count). The van der Waals surface area contributed by atoms with Crippen molar-refractivity contribution in [3.63, 3.8) is 0 Å². The highest BCUT2D eigenvalue weighted by molar-refractivity contribution is 7.99. The molecule has 0 amide bonds. The van der Waals surface area contributed by atoms with Crippen molar-refractivity contribution in [2.75, 3.05) is 30.3 Å². The van der Waals surface area contributed by atoms with Crippen molar-refractivity contribution in [3.8, 4) is 22.5 Å². The second kappa shape index (κ2) is 8.91. The van der Waals surface area contributed by atoms with Crippen molar-refractivity contribution >= 4 is 34.0 Å². The van der Waals surface area contributed by atoms with Gasteiger partial charge in [0, 0.05) is 65.5 Å². The fourth-order valence-electron chi connectivity index (χ4n) is 5.65. The third kappa shape index (κ3) is 3.74. The smallest absolute Gasteiger partial charge is 0.150 e. The van der Waals surface area contributed by atoms with Crippen LogP contribution in [0.15, 0.2) is 73.1 Å². The molecular formula is C29H28N6S. The minimum atomic E-state index is 0.441. The highest BCUT2D eigenvalue weighted by Gasteiger charge is 2.38. The third-order valence-electron chi connectivity index (χ3n) is 7.69. The summed E-state index contributed by atoms with van der Waals surface area (Å²) in [4.78, 5) is 17.2. The molecule has 6 nitrogen and oxygen atoms in total. The van der Waals surface area contributed by atoms with Crippen LogP contribution < -0.4 is 5.73 Å². The molecule has 1 saturated carbocycles. The SMILES string of the molecule is Nc1nccn2c(C3CC(N4CCSCC4)C3)nc(-c3ccc4ccc(-c5ccccc5)nc4c3)c12. The quantitative estimate of drug-likeness (QED) is 0.358. The normalized spacial score (nSPS) is 20.6. The predicted octanol–water partition coefficient (Wildman–Crippen LogP) is 5.49. The topological polar surface area (TPSA) is 72.3 Å². The van der Waals surface area contributed by atoms with E-state index in [1.165, 1.54) is 24.6 Å². The highest BCUT2D eigenvalue weighted by Crippen LogP contribution is 2.42. The van der Waals surface area contributed by atoms with Crippen LogP contribution in [0.25, 0.3) is 38.9 Å². The van der Waals surface area contributed by atoms with E-state index in [9.17, 15) is 0 Å². The summed E-state index contributed by atoms with van der Waals surface area (Å²) in [6, 6.07) is 21.6. The fraction of sp³-hybridized carbons (Fsp3) is 0.276. The van der Waals surface area contributed by atoms with Crippen molar-refractivity contribution in [3.05, 3.63) is 78.9 Å². The maximum atomic E-state index is 6.43. The summed E-state index contributed by atoms with van der Waals surface area (Å²) < 4.78 is 2.17. The number of nitrogen functional groups attached to an aromatic ring is 1. The van der Waals surface area contributed by atoms with Gasteiger partial charge >= 0.3 is 0 Å². The lowest BCUT2D eigenvalue weighted by Gasteiger charge is -2.43. The Balaban J connectivity index is 1.27. The molecular weight excluding hydrogens is 464 g/mol. The summed E-state index contributed by atoms with van der Waals surface area (Å²) in [5.74, 6) is 4.56. The number of benzene rings is 2. The number of anilines is 1. The minimum Gasteiger partial charge on any atom is -0.382 e. The number of aromatic nitrogens is 4. The zero-order chi connectivity index (χ0) is 24.1. The molecule has 0 atom stereocenters. The summed E-state index contributed by atoms with van der Waals surface area (Å²) in [5.41, 5.74) is 12.3. The van der Waals surface area contributed by atoms with Crippen LogP contribution in [0.2, 0.25) is 0 Å². The molecule has 0 radical (unpaired) electrons. The van der Waals surface area contributed by atoms with Crippen LogP contribution in [0, 0.1) is 0 Å². The van der Waals surface area contributed by atoms with Gasteiger partial charge in [-0.15, -0.1) is 0 Å². The van der Waals surface area contributed by atoms with Crippen LogP contribution in [-0.4, -0.2) is 54.9 Å². The first-order valence-electron chi connectivity index (χ1n) is 12.7. The average molecular weight is 493 g/mol. The molecule has 1 saturated heterocycles. The molecule has 1 aliphatic heterocycles. The van der Waals surface area contributed by atoms with Gasteiger partial charge in [-0.1, -0.05) is 48.5 Å². The van der Waals surface area contributed by atoms with Gasteiger partial charge < -0.3 is 5.73 Å². The van der Waals surface area contributed by atoms with Crippen molar-refractivity contribution in [1.82, 2.24) is 24.3 Å². The number of fused-ring (bicyclic) bond motifs is 2. The molecule has 3 aromatic heterocycles.